The second kappa shape index (κ2) is 11.7. The van der Waals surface area contributed by atoms with Gasteiger partial charge in [0.2, 0.25) is 5.95 Å². The van der Waals surface area contributed by atoms with E-state index < -0.39 is 7.14 Å². The number of piperidine rings is 1. The maximum atomic E-state index is 13.3. The van der Waals surface area contributed by atoms with Crippen LogP contribution in [0.2, 0.25) is 0 Å². The molecule has 6 rings (SSSR count). The van der Waals surface area contributed by atoms with E-state index in [1.807, 2.05) is 24.3 Å². The van der Waals surface area contributed by atoms with Crippen molar-refractivity contribution in [1.29, 1.82) is 0 Å². The molecule has 0 unspecified atom stereocenters. The van der Waals surface area contributed by atoms with Gasteiger partial charge >= 0.3 is 0 Å². The molecule has 4 aromatic rings. The van der Waals surface area contributed by atoms with Crippen LogP contribution in [-0.2, 0) is 4.57 Å². The Morgan fingerprint density at radius 3 is 2.48 bits per heavy atom. The first-order valence-electron chi connectivity index (χ1n) is 14.5. The molecule has 1 saturated carbocycles. The Morgan fingerprint density at radius 1 is 1.07 bits per heavy atom. The van der Waals surface area contributed by atoms with Crippen molar-refractivity contribution >= 4 is 73.9 Å². The molecule has 1 aliphatic carbocycles. The van der Waals surface area contributed by atoms with E-state index in [-0.39, 0.29) is 16.6 Å². The van der Waals surface area contributed by atoms with E-state index in [1.54, 1.807) is 31.9 Å². The molecule has 1 saturated heterocycles. The number of rotatable bonds is 8. The molecule has 2 aliphatic rings. The molecule has 0 amide bonds. The quantitative estimate of drug-likeness (QED) is 0.126. The summed E-state index contributed by atoms with van der Waals surface area (Å²) >= 11 is 3.50. The lowest BCUT2D eigenvalue weighted by Gasteiger charge is -2.54. The van der Waals surface area contributed by atoms with E-state index >= 15 is 0 Å². The molecular weight excluding hydrogens is 645 g/mol. The summed E-state index contributed by atoms with van der Waals surface area (Å²) in [7, 11) is 1.49. The Balaban J connectivity index is 1.22. The number of anilines is 5. The summed E-state index contributed by atoms with van der Waals surface area (Å²) in [6, 6.07) is 9.43. The monoisotopic (exact) mass is 679 g/mol. The highest BCUT2D eigenvalue weighted by atomic mass is 79.9. The summed E-state index contributed by atoms with van der Waals surface area (Å²) < 4.78 is 13.9. The van der Waals surface area contributed by atoms with Crippen molar-refractivity contribution in [3.05, 3.63) is 63.5 Å². The predicted octanol–water partition coefficient (Wildman–Crippen LogP) is 6.14. The van der Waals surface area contributed by atoms with Gasteiger partial charge in [-0.25, -0.2) is 4.98 Å². The summed E-state index contributed by atoms with van der Waals surface area (Å²) in [5.74, 6) is 0.678. The number of fused-ring (bicyclic) bond motifs is 1. The van der Waals surface area contributed by atoms with Crippen molar-refractivity contribution in [1.82, 2.24) is 24.8 Å². The molecule has 12 nitrogen and oxygen atoms in total. The Kier molecular flexibility index (Phi) is 8.06. The Bertz CT molecular complexity index is 1780. The predicted molar refractivity (Wildman–Crippen MR) is 179 cm³/mol. The van der Waals surface area contributed by atoms with Crippen LogP contribution < -0.4 is 20.8 Å². The average Bonchev–Trinajstić information content (AvgIpc) is 2.96. The SMILES string of the molecule is CN(C)C1CC2(CCN(c3ccc(Nc4ncc(Br)c(Nc5ccc6nccnc6c5P(C)(C)=O)n4)cc3[N+](=O)[O-])CC2)C1. The van der Waals surface area contributed by atoms with E-state index in [2.05, 4.69) is 70.4 Å². The minimum absolute atomic E-state index is 0.0461. The van der Waals surface area contributed by atoms with E-state index in [9.17, 15) is 14.7 Å². The van der Waals surface area contributed by atoms with Crippen LogP contribution in [0.15, 0.2) is 53.4 Å². The third-order valence-corrected chi connectivity index (χ3v) is 10.9. The molecule has 230 valence electrons. The van der Waals surface area contributed by atoms with Gasteiger partial charge in [0.1, 0.15) is 24.2 Å². The first-order valence-corrected chi connectivity index (χ1v) is 17.9. The van der Waals surface area contributed by atoms with E-state index in [0.717, 1.165) is 25.9 Å². The van der Waals surface area contributed by atoms with Crippen LogP contribution in [0.5, 0.6) is 0 Å². The molecule has 2 aromatic carbocycles. The number of aromatic nitrogens is 4. The van der Waals surface area contributed by atoms with Crippen LogP contribution in [0.25, 0.3) is 11.0 Å². The number of nitrogens with zero attached hydrogens (tertiary/aromatic N) is 7. The largest absolute Gasteiger partial charge is 0.366 e. The number of benzene rings is 2. The molecule has 2 N–H and O–H groups in total. The van der Waals surface area contributed by atoms with E-state index in [4.69, 9.17) is 0 Å². The van der Waals surface area contributed by atoms with Gasteiger partial charge in [-0.05, 0) is 98.7 Å². The highest BCUT2D eigenvalue weighted by Crippen LogP contribution is 2.51. The number of hydrogen-bond acceptors (Lipinski definition) is 11. The van der Waals surface area contributed by atoms with Gasteiger partial charge in [0.15, 0.2) is 0 Å². The number of nitrogens with one attached hydrogen (secondary N) is 2. The van der Waals surface area contributed by atoms with Crippen molar-refractivity contribution in [3.8, 4) is 0 Å². The van der Waals surface area contributed by atoms with Crippen molar-refractivity contribution in [2.45, 2.75) is 31.7 Å². The van der Waals surface area contributed by atoms with Crippen LogP contribution >= 0.6 is 23.1 Å². The zero-order valence-electron chi connectivity index (χ0n) is 25.1. The van der Waals surface area contributed by atoms with Crippen molar-refractivity contribution in [2.75, 3.05) is 56.0 Å². The molecule has 3 heterocycles. The second-order valence-corrected chi connectivity index (χ2v) is 16.4. The summed E-state index contributed by atoms with van der Waals surface area (Å²) in [5.41, 5.74) is 3.37. The Labute approximate surface area is 264 Å². The molecule has 1 spiro atoms. The first kappa shape index (κ1) is 30.4. The number of halogens is 1. The maximum Gasteiger partial charge on any atom is 0.294 e. The third kappa shape index (κ3) is 6.00. The molecule has 0 atom stereocenters. The zero-order valence-corrected chi connectivity index (χ0v) is 27.6. The van der Waals surface area contributed by atoms with Crippen LogP contribution in [0.4, 0.5) is 34.5 Å². The number of hydrogen-bond donors (Lipinski definition) is 2. The molecular formula is C30H35BrN9O3P. The minimum atomic E-state index is -2.77. The van der Waals surface area contributed by atoms with Crippen LogP contribution in [0.3, 0.4) is 0 Å². The number of nitro groups is 1. The average molecular weight is 681 g/mol. The minimum Gasteiger partial charge on any atom is -0.366 e. The van der Waals surface area contributed by atoms with Crippen LogP contribution in [-0.4, -0.2) is 76.3 Å². The normalized spacial score (nSPS) is 16.7. The first-order chi connectivity index (χ1) is 20.9. The van der Waals surface area contributed by atoms with Gasteiger partial charge in [-0.15, -0.1) is 0 Å². The summed E-state index contributed by atoms with van der Waals surface area (Å²) in [6.45, 7) is 5.00. The zero-order chi connectivity index (χ0) is 31.2. The molecule has 2 fully saturated rings. The van der Waals surface area contributed by atoms with Crippen LogP contribution in [0.1, 0.15) is 25.7 Å². The fourth-order valence-electron chi connectivity index (χ4n) is 6.39. The Morgan fingerprint density at radius 2 is 1.80 bits per heavy atom. The maximum absolute atomic E-state index is 13.3. The molecule has 0 bridgehead atoms. The van der Waals surface area contributed by atoms with E-state index in [1.165, 1.54) is 18.9 Å². The summed E-state index contributed by atoms with van der Waals surface area (Å²) in [6.07, 6.45) is 9.27. The smallest absolute Gasteiger partial charge is 0.294 e. The summed E-state index contributed by atoms with van der Waals surface area (Å²) in [4.78, 5) is 34.0. The highest BCUT2D eigenvalue weighted by molar-refractivity contribution is 9.10. The van der Waals surface area contributed by atoms with Gasteiger partial charge in [0.05, 0.1) is 25.9 Å². The van der Waals surface area contributed by atoms with Gasteiger partial charge in [0, 0.05) is 49.5 Å². The van der Waals surface area contributed by atoms with E-state index in [0.29, 0.717) is 55.1 Å². The molecule has 14 heteroatoms. The fraction of sp³-hybridized carbons (Fsp3) is 0.400. The number of nitro benzene ring substituents is 1. The highest BCUT2D eigenvalue weighted by Gasteiger charge is 2.46. The fourth-order valence-corrected chi connectivity index (χ4v) is 8.07. The molecule has 1 aliphatic heterocycles. The molecule has 2 aromatic heterocycles. The lowest BCUT2D eigenvalue weighted by Crippen LogP contribution is -2.53. The summed E-state index contributed by atoms with van der Waals surface area (Å²) in [5, 5.41) is 19.1. The molecule has 0 radical (unpaired) electrons. The third-order valence-electron chi connectivity index (χ3n) is 8.81. The van der Waals surface area contributed by atoms with Gasteiger partial charge in [-0.3, -0.25) is 20.1 Å². The lowest BCUT2D eigenvalue weighted by molar-refractivity contribution is -0.384. The van der Waals surface area contributed by atoms with Crippen molar-refractivity contribution < 1.29 is 9.49 Å². The van der Waals surface area contributed by atoms with Gasteiger partial charge in [-0.2, -0.15) is 4.98 Å². The van der Waals surface area contributed by atoms with Gasteiger partial charge in [0.25, 0.3) is 5.69 Å². The topological polar surface area (TPSA) is 142 Å². The standard InChI is InChI=1S/C30H35BrN9O3P/c1-38(2)20-16-30(17-20)9-13-39(14-10-30)24-8-5-19(15-25(24)40(41)42)35-29-34-18-21(31)28(37-29)36-23-7-6-22-26(33-12-11-32-22)27(23)44(3,4)43/h5-8,11-12,15,18,20H,9-10,13-14,16-17H2,1-4H3,(H2,34,35,36,37). The lowest BCUT2D eigenvalue weighted by atomic mass is 9.60. The van der Waals surface area contributed by atoms with Gasteiger partial charge in [-0.1, -0.05) is 0 Å². The Hall–Kier alpha value is -3.67. The van der Waals surface area contributed by atoms with Crippen LogP contribution in [0, 0.1) is 15.5 Å². The van der Waals surface area contributed by atoms with Gasteiger partial charge < -0.3 is 25.0 Å². The second-order valence-electron chi connectivity index (χ2n) is 12.4. The van der Waals surface area contributed by atoms with Crippen molar-refractivity contribution in [2.24, 2.45) is 5.41 Å². The van der Waals surface area contributed by atoms with Crippen molar-refractivity contribution in [3.63, 3.8) is 0 Å². The molecule has 44 heavy (non-hydrogen) atoms.